The number of nitrogens with zero attached hydrogens (tertiary/aromatic N) is 2. The van der Waals surface area contributed by atoms with Gasteiger partial charge in [0.05, 0.1) is 6.54 Å². The van der Waals surface area contributed by atoms with Gasteiger partial charge in [0.25, 0.3) is 0 Å². The molecule has 0 spiro atoms. The Morgan fingerprint density at radius 2 is 2.40 bits per heavy atom. The molecule has 0 aliphatic heterocycles. The standard InChI is InChI=1S/C11H15N3O/c1-8-5-11(13-15-8)7-14-4-3-10(6-14)9(2)12/h3-6,9H,7,12H2,1-2H3. The zero-order valence-electron chi connectivity index (χ0n) is 8.97. The molecule has 0 radical (unpaired) electrons. The Kier molecular flexibility index (Phi) is 2.60. The fourth-order valence-electron chi connectivity index (χ4n) is 1.51. The number of aryl methyl sites for hydroxylation is 1. The lowest BCUT2D eigenvalue weighted by Crippen LogP contribution is -2.04. The maximum Gasteiger partial charge on any atom is 0.133 e. The van der Waals surface area contributed by atoms with Crippen molar-refractivity contribution in [2.75, 3.05) is 0 Å². The molecule has 0 saturated heterocycles. The Bertz CT molecular complexity index is 442. The predicted octanol–water partition coefficient (Wildman–Crippen LogP) is 1.85. The molecule has 0 aliphatic carbocycles. The third-order valence-corrected chi connectivity index (χ3v) is 2.32. The first-order chi connectivity index (χ1) is 7.15. The van der Waals surface area contributed by atoms with Gasteiger partial charge in [0, 0.05) is 24.5 Å². The van der Waals surface area contributed by atoms with Gasteiger partial charge in [0.2, 0.25) is 0 Å². The molecule has 2 rings (SSSR count). The Labute approximate surface area is 88.7 Å². The molecule has 4 heteroatoms. The third kappa shape index (κ3) is 2.27. The number of hydrogen-bond acceptors (Lipinski definition) is 3. The molecule has 1 unspecified atom stereocenters. The number of hydrogen-bond donors (Lipinski definition) is 1. The maximum atomic E-state index is 5.78. The zero-order chi connectivity index (χ0) is 10.8. The van der Waals surface area contributed by atoms with E-state index in [0.29, 0.717) is 0 Å². The monoisotopic (exact) mass is 205 g/mol. The van der Waals surface area contributed by atoms with Crippen LogP contribution in [-0.2, 0) is 6.54 Å². The summed E-state index contributed by atoms with van der Waals surface area (Å²) in [5, 5.41) is 3.94. The topological polar surface area (TPSA) is 57.0 Å². The molecular weight excluding hydrogens is 190 g/mol. The summed E-state index contributed by atoms with van der Waals surface area (Å²) in [6, 6.07) is 4.04. The van der Waals surface area contributed by atoms with Gasteiger partial charge in [-0.25, -0.2) is 0 Å². The van der Waals surface area contributed by atoms with Crippen LogP contribution >= 0.6 is 0 Å². The molecule has 0 saturated carbocycles. The summed E-state index contributed by atoms with van der Waals surface area (Å²) in [4.78, 5) is 0. The van der Waals surface area contributed by atoms with Crippen molar-refractivity contribution in [1.29, 1.82) is 0 Å². The molecule has 2 aromatic rings. The summed E-state index contributed by atoms with van der Waals surface area (Å²) < 4.78 is 7.05. The lowest BCUT2D eigenvalue weighted by molar-refractivity contribution is 0.389. The van der Waals surface area contributed by atoms with Crippen LogP contribution in [-0.4, -0.2) is 9.72 Å². The highest BCUT2D eigenvalue weighted by Crippen LogP contribution is 2.11. The lowest BCUT2D eigenvalue weighted by atomic mass is 10.2. The van der Waals surface area contributed by atoms with Gasteiger partial charge in [-0.1, -0.05) is 5.16 Å². The van der Waals surface area contributed by atoms with Crippen LogP contribution in [0, 0.1) is 6.92 Å². The summed E-state index contributed by atoms with van der Waals surface area (Å²) in [7, 11) is 0. The summed E-state index contributed by atoms with van der Waals surface area (Å²) >= 11 is 0. The molecule has 1 atom stereocenters. The van der Waals surface area contributed by atoms with Crippen LogP contribution in [0.1, 0.15) is 30.0 Å². The molecular formula is C11H15N3O. The second kappa shape index (κ2) is 3.90. The van der Waals surface area contributed by atoms with Gasteiger partial charge in [0.15, 0.2) is 0 Å². The van der Waals surface area contributed by atoms with Crippen molar-refractivity contribution >= 4 is 0 Å². The smallest absolute Gasteiger partial charge is 0.133 e. The number of nitrogens with two attached hydrogens (primary N) is 1. The fraction of sp³-hybridized carbons (Fsp3) is 0.364. The number of rotatable bonds is 3. The highest BCUT2D eigenvalue weighted by atomic mass is 16.5. The predicted molar refractivity (Wildman–Crippen MR) is 57.4 cm³/mol. The first kappa shape index (κ1) is 9.98. The van der Waals surface area contributed by atoms with Crippen LogP contribution in [0.4, 0.5) is 0 Å². The minimum atomic E-state index is 0.0743. The molecule has 0 amide bonds. The molecule has 80 valence electrons. The average molecular weight is 205 g/mol. The van der Waals surface area contributed by atoms with Crippen molar-refractivity contribution in [3.05, 3.63) is 41.5 Å². The molecule has 0 bridgehead atoms. The quantitative estimate of drug-likeness (QED) is 0.832. The molecule has 0 fully saturated rings. The normalized spacial score (nSPS) is 13.0. The van der Waals surface area contributed by atoms with Crippen molar-refractivity contribution < 1.29 is 4.52 Å². The highest BCUT2D eigenvalue weighted by Gasteiger charge is 2.04. The minimum absolute atomic E-state index is 0.0743. The van der Waals surface area contributed by atoms with Crippen molar-refractivity contribution in [3.8, 4) is 0 Å². The molecule has 2 heterocycles. The van der Waals surface area contributed by atoms with Gasteiger partial charge in [-0.15, -0.1) is 0 Å². The van der Waals surface area contributed by atoms with Crippen molar-refractivity contribution in [1.82, 2.24) is 9.72 Å². The van der Waals surface area contributed by atoms with Gasteiger partial charge < -0.3 is 14.8 Å². The maximum absolute atomic E-state index is 5.78. The van der Waals surface area contributed by atoms with E-state index >= 15 is 0 Å². The van der Waals surface area contributed by atoms with Crippen molar-refractivity contribution in [2.24, 2.45) is 5.73 Å². The van der Waals surface area contributed by atoms with E-state index in [0.717, 1.165) is 23.6 Å². The van der Waals surface area contributed by atoms with E-state index in [2.05, 4.69) is 9.72 Å². The van der Waals surface area contributed by atoms with E-state index in [9.17, 15) is 0 Å². The van der Waals surface area contributed by atoms with E-state index in [4.69, 9.17) is 10.3 Å². The second-order valence-corrected chi connectivity index (χ2v) is 3.83. The van der Waals surface area contributed by atoms with Crippen LogP contribution in [0.15, 0.2) is 29.0 Å². The van der Waals surface area contributed by atoms with E-state index in [-0.39, 0.29) is 6.04 Å². The van der Waals surface area contributed by atoms with E-state index in [1.54, 1.807) is 0 Å². The van der Waals surface area contributed by atoms with Crippen molar-refractivity contribution in [2.45, 2.75) is 26.4 Å². The van der Waals surface area contributed by atoms with E-state index in [1.807, 2.05) is 38.4 Å². The summed E-state index contributed by atoms with van der Waals surface area (Å²) in [5.41, 5.74) is 7.84. The molecule has 2 N–H and O–H groups in total. The Morgan fingerprint density at radius 3 is 2.93 bits per heavy atom. The van der Waals surface area contributed by atoms with Crippen LogP contribution < -0.4 is 5.73 Å². The first-order valence-corrected chi connectivity index (χ1v) is 4.98. The largest absolute Gasteiger partial charge is 0.361 e. The molecule has 0 aromatic carbocycles. The molecule has 4 nitrogen and oxygen atoms in total. The van der Waals surface area contributed by atoms with Gasteiger partial charge in [0.1, 0.15) is 11.5 Å². The Balaban J connectivity index is 2.11. The fourth-order valence-corrected chi connectivity index (χ4v) is 1.51. The molecule has 0 aliphatic rings. The van der Waals surface area contributed by atoms with Crippen LogP contribution in [0.5, 0.6) is 0 Å². The SMILES string of the molecule is Cc1cc(Cn2ccc(C(C)N)c2)no1. The number of aromatic nitrogens is 2. The third-order valence-electron chi connectivity index (χ3n) is 2.32. The van der Waals surface area contributed by atoms with Gasteiger partial charge in [-0.3, -0.25) is 0 Å². The molecule has 2 aromatic heterocycles. The van der Waals surface area contributed by atoms with Crippen LogP contribution in [0.2, 0.25) is 0 Å². The summed E-state index contributed by atoms with van der Waals surface area (Å²) in [6.45, 7) is 4.59. The zero-order valence-corrected chi connectivity index (χ0v) is 8.97. The average Bonchev–Trinajstić information content (AvgIpc) is 2.76. The Morgan fingerprint density at radius 1 is 1.60 bits per heavy atom. The van der Waals surface area contributed by atoms with Gasteiger partial charge in [-0.05, 0) is 25.5 Å². The second-order valence-electron chi connectivity index (χ2n) is 3.83. The van der Waals surface area contributed by atoms with Gasteiger partial charge >= 0.3 is 0 Å². The summed E-state index contributed by atoms with van der Waals surface area (Å²) in [5.74, 6) is 0.838. The molecule has 15 heavy (non-hydrogen) atoms. The lowest BCUT2D eigenvalue weighted by Gasteiger charge is -2.00. The Hall–Kier alpha value is -1.55. The van der Waals surface area contributed by atoms with Crippen LogP contribution in [0.3, 0.4) is 0 Å². The summed E-state index contributed by atoms with van der Waals surface area (Å²) in [6.07, 6.45) is 4.04. The van der Waals surface area contributed by atoms with Gasteiger partial charge in [-0.2, -0.15) is 0 Å². The highest BCUT2D eigenvalue weighted by molar-refractivity contribution is 5.15. The van der Waals surface area contributed by atoms with Crippen LogP contribution in [0.25, 0.3) is 0 Å². The van der Waals surface area contributed by atoms with E-state index < -0.39 is 0 Å². The minimum Gasteiger partial charge on any atom is -0.361 e. The first-order valence-electron chi connectivity index (χ1n) is 4.98. The van der Waals surface area contributed by atoms with Crippen molar-refractivity contribution in [3.63, 3.8) is 0 Å². The van der Waals surface area contributed by atoms with E-state index in [1.165, 1.54) is 0 Å².